The van der Waals surface area contributed by atoms with Crippen LogP contribution in [0, 0.1) is 0 Å². The number of carbonyl (C=O) groups is 1. The maximum absolute atomic E-state index is 11.1. The Morgan fingerprint density at radius 3 is 2.19 bits per heavy atom. The first-order valence-electron chi connectivity index (χ1n) is 6.33. The Hall–Kier alpha value is -0.830. The van der Waals surface area contributed by atoms with Crippen LogP contribution in [0.5, 0.6) is 0 Å². The zero-order valence-electron chi connectivity index (χ0n) is 10.8. The second kappa shape index (κ2) is 10.7. The van der Waals surface area contributed by atoms with Crippen molar-refractivity contribution in [1.29, 1.82) is 0 Å². The van der Waals surface area contributed by atoms with E-state index in [2.05, 4.69) is 24.1 Å². The lowest BCUT2D eigenvalue weighted by Gasteiger charge is -2.05. The number of carbonyl (C=O) groups excluding carboxylic acids is 1. The fourth-order valence-electron chi connectivity index (χ4n) is 1.35. The van der Waals surface area contributed by atoms with Gasteiger partial charge in [-0.05, 0) is 39.3 Å². The van der Waals surface area contributed by atoms with Crippen LogP contribution in [0.3, 0.4) is 0 Å². The predicted molar refractivity (Wildman–Crippen MR) is 69.5 cm³/mol. The second-order valence-electron chi connectivity index (χ2n) is 4.20. The summed E-state index contributed by atoms with van der Waals surface area (Å²) in [6, 6.07) is 0. The minimum atomic E-state index is -0.0316. The van der Waals surface area contributed by atoms with Crippen LogP contribution in [-0.4, -0.2) is 25.5 Å². The van der Waals surface area contributed by atoms with E-state index in [1.165, 1.54) is 19.3 Å². The zero-order valence-corrected chi connectivity index (χ0v) is 10.8. The van der Waals surface area contributed by atoms with E-state index in [1.807, 2.05) is 0 Å². The zero-order chi connectivity index (χ0) is 12.2. The molecule has 0 saturated heterocycles. The van der Waals surface area contributed by atoms with Crippen LogP contribution >= 0.6 is 0 Å². The molecule has 0 aliphatic carbocycles. The topological polar surface area (TPSA) is 41.1 Å². The Bertz CT molecular complexity index is 202. The Morgan fingerprint density at radius 1 is 1.06 bits per heavy atom. The minimum Gasteiger partial charge on any atom is -0.352 e. The Balaban J connectivity index is 3.10. The van der Waals surface area contributed by atoms with E-state index in [0.29, 0.717) is 5.57 Å². The molecule has 16 heavy (non-hydrogen) atoms. The van der Waals surface area contributed by atoms with Gasteiger partial charge in [-0.3, -0.25) is 4.79 Å². The first kappa shape index (κ1) is 15.2. The van der Waals surface area contributed by atoms with E-state index in [1.54, 1.807) is 6.92 Å². The molecular weight excluding hydrogens is 200 g/mol. The van der Waals surface area contributed by atoms with Gasteiger partial charge in [0.05, 0.1) is 0 Å². The van der Waals surface area contributed by atoms with Crippen molar-refractivity contribution in [3.8, 4) is 0 Å². The first-order valence-corrected chi connectivity index (χ1v) is 6.33. The van der Waals surface area contributed by atoms with Crippen molar-refractivity contribution >= 4 is 5.91 Å². The van der Waals surface area contributed by atoms with Crippen LogP contribution in [0.15, 0.2) is 12.2 Å². The smallest absolute Gasteiger partial charge is 0.246 e. The summed E-state index contributed by atoms with van der Waals surface area (Å²) in [5, 5.41) is 6.23. The molecule has 0 aromatic heterocycles. The van der Waals surface area contributed by atoms with Gasteiger partial charge in [-0.1, -0.05) is 26.3 Å². The van der Waals surface area contributed by atoms with Crippen molar-refractivity contribution < 1.29 is 4.79 Å². The van der Waals surface area contributed by atoms with E-state index in [4.69, 9.17) is 0 Å². The van der Waals surface area contributed by atoms with Crippen LogP contribution in [0.1, 0.15) is 46.0 Å². The highest BCUT2D eigenvalue weighted by Gasteiger charge is 1.98. The third-order valence-corrected chi connectivity index (χ3v) is 2.41. The molecule has 0 aliphatic rings. The lowest BCUT2D eigenvalue weighted by molar-refractivity contribution is -0.117. The third-order valence-electron chi connectivity index (χ3n) is 2.41. The van der Waals surface area contributed by atoms with Gasteiger partial charge in [-0.25, -0.2) is 0 Å². The maximum atomic E-state index is 11.1. The number of nitrogens with one attached hydrogen (secondary N) is 2. The van der Waals surface area contributed by atoms with Gasteiger partial charge in [0.2, 0.25) is 5.91 Å². The SMILES string of the molecule is C=C(C)C(=O)NCCCCNCCCCC. The van der Waals surface area contributed by atoms with Crippen molar-refractivity contribution in [1.82, 2.24) is 10.6 Å². The molecule has 0 unspecified atom stereocenters. The molecule has 0 aromatic rings. The van der Waals surface area contributed by atoms with Gasteiger partial charge in [0.15, 0.2) is 0 Å². The highest BCUT2D eigenvalue weighted by atomic mass is 16.1. The lowest BCUT2D eigenvalue weighted by Crippen LogP contribution is -2.25. The van der Waals surface area contributed by atoms with Crippen molar-refractivity contribution in [2.75, 3.05) is 19.6 Å². The molecule has 0 radical (unpaired) electrons. The number of unbranched alkanes of at least 4 members (excludes halogenated alkanes) is 3. The van der Waals surface area contributed by atoms with Crippen molar-refractivity contribution in [3.63, 3.8) is 0 Å². The molecule has 3 nitrogen and oxygen atoms in total. The molecule has 3 heteroatoms. The average Bonchev–Trinajstić information content (AvgIpc) is 2.26. The molecule has 0 spiro atoms. The van der Waals surface area contributed by atoms with Crippen LogP contribution < -0.4 is 10.6 Å². The van der Waals surface area contributed by atoms with E-state index in [9.17, 15) is 4.79 Å². The summed E-state index contributed by atoms with van der Waals surface area (Å²) in [7, 11) is 0. The van der Waals surface area contributed by atoms with Crippen LogP contribution in [0.25, 0.3) is 0 Å². The normalized spacial score (nSPS) is 10.1. The number of hydrogen-bond donors (Lipinski definition) is 2. The molecule has 0 rings (SSSR count). The largest absolute Gasteiger partial charge is 0.352 e. The second-order valence-corrected chi connectivity index (χ2v) is 4.20. The fraction of sp³-hybridized carbons (Fsp3) is 0.769. The molecule has 0 atom stereocenters. The number of amides is 1. The predicted octanol–water partition coefficient (Wildman–Crippen LogP) is 2.24. The molecule has 0 bridgehead atoms. The van der Waals surface area contributed by atoms with E-state index >= 15 is 0 Å². The number of hydrogen-bond acceptors (Lipinski definition) is 2. The van der Waals surface area contributed by atoms with Gasteiger partial charge in [0.1, 0.15) is 0 Å². The first-order chi connectivity index (χ1) is 7.68. The summed E-state index contributed by atoms with van der Waals surface area (Å²) >= 11 is 0. The van der Waals surface area contributed by atoms with Crippen molar-refractivity contribution in [3.05, 3.63) is 12.2 Å². The molecule has 1 amide bonds. The Labute approximate surface area is 99.7 Å². The van der Waals surface area contributed by atoms with Gasteiger partial charge in [-0.2, -0.15) is 0 Å². The van der Waals surface area contributed by atoms with Crippen LogP contribution in [0.2, 0.25) is 0 Å². The summed E-state index contributed by atoms with van der Waals surface area (Å²) < 4.78 is 0. The van der Waals surface area contributed by atoms with Gasteiger partial charge in [-0.15, -0.1) is 0 Å². The summed E-state index contributed by atoms with van der Waals surface area (Å²) in [6.07, 6.45) is 5.99. The lowest BCUT2D eigenvalue weighted by atomic mass is 10.2. The summed E-state index contributed by atoms with van der Waals surface area (Å²) in [5.41, 5.74) is 0.581. The molecule has 0 aliphatic heterocycles. The van der Waals surface area contributed by atoms with Gasteiger partial charge >= 0.3 is 0 Å². The molecule has 2 N–H and O–H groups in total. The quantitative estimate of drug-likeness (QED) is 0.443. The molecule has 0 aromatic carbocycles. The average molecular weight is 226 g/mol. The van der Waals surface area contributed by atoms with Crippen LogP contribution in [-0.2, 0) is 4.79 Å². The maximum Gasteiger partial charge on any atom is 0.246 e. The highest BCUT2D eigenvalue weighted by molar-refractivity contribution is 5.91. The summed E-state index contributed by atoms with van der Waals surface area (Å²) in [5.74, 6) is -0.0316. The standard InChI is InChI=1S/C13H26N2O/c1-4-5-6-9-14-10-7-8-11-15-13(16)12(2)3/h14H,2,4-11H2,1,3H3,(H,15,16). The third kappa shape index (κ3) is 9.71. The molecule has 0 heterocycles. The Morgan fingerprint density at radius 2 is 1.62 bits per heavy atom. The van der Waals surface area contributed by atoms with Gasteiger partial charge in [0.25, 0.3) is 0 Å². The highest BCUT2D eigenvalue weighted by Crippen LogP contribution is 1.92. The fourth-order valence-corrected chi connectivity index (χ4v) is 1.35. The van der Waals surface area contributed by atoms with Gasteiger partial charge < -0.3 is 10.6 Å². The summed E-state index contributed by atoms with van der Waals surface area (Å²) in [4.78, 5) is 11.1. The van der Waals surface area contributed by atoms with Crippen molar-refractivity contribution in [2.24, 2.45) is 0 Å². The molecule has 0 fully saturated rings. The van der Waals surface area contributed by atoms with Crippen LogP contribution in [0.4, 0.5) is 0 Å². The monoisotopic (exact) mass is 226 g/mol. The van der Waals surface area contributed by atoms with Crippen molar-refractivity contribution in [2.45, 2.75) is 46.0 Å². The van der Waals surface area contributed by atoms with E-state index < -0.39 is 0 Å². The Kier molecular flexibility index (Phi) is 10.1. The molecular formula is C13H26N2O. The molecule has 0 saturated carbocycles. The number of rotatable bonds is 10. The minimum absolute atomic E-state index is 0.0316. The molecule has 94 valence electrons. The van der Waals surface area contributed by atoms with Gasteiger partial charge in [0, 0.05) is 12.1 Å². The van der Waals surface area contributed by atoms with E-state index in [0.717, 1.165) is 32.5 Å². The summed E-state index contributed by atoms with van der Waals surface area (Å²) in [6.45, 7) is 10.4. The van der Waals surface area contributed by atoms with E-state index in [-0.39, 0.29) is 5.91 Å².